The van der Waals surface area contributed by atoms with Crippen LogP contribution >= 0.6 is 7.04 Å². The van der Waals surface area contributed by atoms with Gasteiger partial charge in [0.2, 0.25) is 0 Å². The maximum absolute atomic E-state index is 5.35. The molecule has 0 aliphatic heterocycles. The highest BCUT2D eigenvalue weighted by Crippen LogP contribution is 2.20. The van der Waals surface area contributed by atoms with Crippen LogP contribution in [0.1, 0.15) is 0 Å². The fourth-order valence-corrected chi connectivity index (χ4v) is 0. The van der Waals surface area contributed by atoms with Gasteiger partial charge in [-0.3, -0.25) is 0 Å². The first-order valence-corrected chi connectivity index (χ1v) is 4.41. The largest absolute Gasteiger partial charge is 0.311 e. The van der Waals surface area contributed by atoms with Crippen LogP contribution in [0.5, 0.6) is 0 Å². The van der Waals surface area contributed by atoms with Crippen molar-refractivity contribution in [3.63, 3.8) is 0 Å². The number of hydrogen-bond acceptors (Lipinski definition) is 1. The minimum atomic E-state index is -1.14. The Balaban J connectivity index is 3.47. The minimum absolute atomic E-state index is 1.14. The third-order valence-electron chi connectivity index (χ3n) is 0. The number of hydrogen-bond donors (Lipinski definition) is 1. The summed E-state index contributed by atoms with van der Waals surface area (Å²) in [6, 6.07) is 0. The third-order valence-corrected chi connectivity index (χ3v) is 0. The predicted octanol–water partition coefficient (Wildman–Crippen LogP) is 0.569. The second-order valence-electron chi connectivity index (χ2n) is 1.78. The third kappa shape index (κ3) is 322. The maximum Gasteiger partial charge on any atom is -0.0333 e. The van der Waals surface area contributed by atoms with E-state index >= 15 is 0 Å². The quantitative estimate of drug-likeness (QED) is 0.433. The molecule has 0 radical (unpaired) electrons. The van der Waals surface area contributed by atoms with E-state index in [1.807, 2.05) is 13.3 Å². The lowest BCUT2D eigenvalue weighted by atomic mass is 11.9. The molecule has 0 aromatic rings. The molecule has 0 spiro atoms. The molecule has 0 atom stereocenters. The van der Waals surface area contributed by atoms with Crippen LogP contribution in [0.4, 0.5) is 0 Å². The maximum atomic E-state index is 5.35. The molecular formula is C3H10NP. The molecule has 0 bridgehead atoms. The molecular weight excluding hydrogens is 81.0 g/mol. The van der Waals surface area contributed by atoms with Crippen LogP contribution in [0.15, 0.2) is 0 Å². The van der Waals surface area contributed by atoms with E-state index in [0.29, 0.717) is 0 Å². The van der Waals surface area contributed by atoms with E-state index in [1.165, 1.54) is 0 Å². The van der Waals surface area contributed by atoms with E-state index in [0.717, 1.165) is 0 Å². The van der Waals surface area contributed by atoms with Crippen LogP contribution < -0.4 is 5.50 Å². The van der Waals surface area contributed by atoms with Gasteiger partial charge in [0, 0.05) is 0 Å². The SMILES string of the molecule is C=P(C)(C)N. The summed E-state index contributed by atoms with van der Waals surface area (Å²) >= 11 is 0. The van der Waals surface area contributed by atoms with E-state index in [-0.39, 0.29) is 0 Å². The molecule has 0 rings (SSSR count). The van der Waals surface area contributed by atoms with Gasteiger partial charge in [0.05, 0.1) is 0 Å². The van der Waals surface area contributed by atoms with E-state index in [4.69, 9.17) is 5.50 Å². The van der Waals surface area contributed by atoms with Crippen molar-refractivity contribution in [2.75, 3.05) is 13.3 Å². The van der Waals surface area contributed by atoms with Gasteiger partial charge in [-0.2, -0.15) is 0 Å². The number of nitrogens with two attached hydrogens (primary N) is 1. The monoisotopic (exact) mass is 91.1 g/mol. The summed E-state index contributed by atoms with van der Waals surface area (Å²) in [5.74, 6) is 0. The van der Waals surface area contributed by atoms with Gasteiger partial charge in [0.15, 0.2) is 0 Å². The van der Waals surface area contributed by atoms with Gasteiger partial charge in [-0.1, -0.05) is 13.3 Å². The first kappa shape index (κ1) is 5.26. The van der Waals surface area contributed by atoms with Crippen molar-refractivity contribution < 1.29 is 0 Å². The summed E-state index contributed by atoms with van der Waals surface area (Å²) < 4.78 is 0. The molecule has 2 heteroatoms. The summed E-state index contributed by atoms with van der Waals surface area (Å²) in [5, 5.41) is 0. The van der Waals surface area contributed by atoms with Crippen LogP contribution in [0.2, 0.25) is 0 Å². The Morgan fingerprint density at radius 3 is 1.60 bits per heavy atom. The minimum Gasteiger partial charge on any atom is -0.311 e. The van der Waals surface area contributed by atoms with Crippen LogP contribution in [-0.4, -0.2) is 19.6 Å². The standard InChI is InChI=1S/C3H10NP/c1-5(2,3)4/h1,4H2,2-3H3. The van der Waals surface area contributed by atoms with Gasteiger partial charge in [-0.15, -0.1) is 0 Å². The van der Waals surface area contributed by atoms with Crippen molar-refractivity contribution in [1.29, 1.82) is 0 Å². The zero-order valence-corrected chi connectivity index (χ0v) is 4.63. The van der Waals surface area contributed by atoms with Crippen molar-refractivity contribution >= 4 is 13.3 Å². The normalized spacial score (nSPS) is 11.8. The van der Waals surface area contributed by atoms with Crippen molar-refractivity contribution in [3.8, 4) is 0 Å². The Hall–Kier alpha value is 0.260. The zero-order valence-electron chi connectivity index (χ0n) is 3.73. The Morgan fingerprint density at radius 2 is 1.60 bits per heavy atom. The summed E-state index contributed by atoms with van der Waals surface area (Å²) in [4.78, 5) is 0. The van der Waals surface area contributed by atoms with E-state index < -0.39 is 7.04 Å². The lowest BCUT2D eigenvalue weighted by Gasteiger charge is -1.97. The molecule has 0 heterocycles. The van der Waals surface area contributed by atoms with Crippen LogP contribution in [0.3, 0.4) is 0 Å². The van der Waals surface area contributed by atoms with Crippen molar-refractivity contribution in [2.24, 2.45) is 5.50 Å². The van der Waals surface area contributed by atoms with E-state index in [9.17, 15) is 0 Å². The molecule has 0 aromatic heterocycles. The van der Waals surface area contributed by atoms with Gasteiger partial charge in [0.1, 0.15) is 0 Å². The van der Waals surface area contributed by atoms with E-state index in [1.54, 1.807) is 0 Å². The van der Waals surface area contributed by atoms with Crippen LogP contribution in [0.25, 0.3) is 0 Å². The van der Waals surface area contributed by atoms with E-state index in [2.05, 4.69) is 6.30 Å². The molecule has 0 saturated carbocycles. The van der Waals surface area contributed by atoms with Crippen LogP contribution in [-0.2, 0) is 0 Å². The summed E-state index contributed by atoms with van der Waals surface area (Å²) in [6.45, 7) is 3.93. The second-order valence-corrected chi connectivity index (χ2v) is 5.34. The molecule has 0 fully saturated rings. The zero-order chi connectivity index (χ0) is 4.50. The lowest BCUT2D eigenvalue weighted by molar-refractivity contribution is 1.88. The fourth-order valence-electron chi connectivity index (χ4n) is 0. The Kier molecular flexibility index (Phi) is 1.22. The predicted molar refractivity (Wildman–Crippen MR) is 30.1 cm³/mol. The number of rotatable bonds is 0. The lowest BCUT2D eigenvalue weighted by Crippen LogP contribution is -1.86. The molecule has 0 aliphatic rings. The van der Waals surface area contributed by atoms with Crippen molar-refractivity contribution in [3.05, 3.63) is 0 Å². The Morgan fingerprint density at radius 1 is 1.60 bits per heavy atom. The topological polar surface area (TPSA) is 26.0 Å². The molecule has 0 aliphatic carbocycles. The van der Waals surface area contributed by atoms with Gasteiger partial charge >= 0.3 is 0 Å². The summed E-state index contributed by atoms with van der Waals surface area (Å²) in [7, 11) is -1.14. The van der Waals surface area contributed by atoms with Gasteiger partial charge < -0.3 is 5.50 Å². The Labute approximate surface area is 33.2 Å². The van der Waals surface area contributed by atoms with Crippen molar-refractivity contribution in [2.45, 2.75) is 0 Å². The highest BCUT2D eigenvalue weighted by atomic mass is 31.2. The van der Waals surface area contributed by atoms with Gasteiger partial charge in [0.25, 0.3) is 0 Å². The first-order valence-electron chi connectivity index (χ1n) is 1.47. The molecule has 1 nitrogen and oxygen atoms in total. The van der Waals surface area contributed by atoms with Gasteiger partial charge in [-0.05, 0) is 13.3 Å². The Bertz CT molecular complexity index is 53.0. The van der Waals surface area contributed by atoms with Crippen molar-refractivity contribution in [1.82, 2.24) is 0 Å². The summed E-state index contributed by atoms with van der Waals surface area (Å²) in [6.07, 6.45) is 3.66. The fraction of sp³-hybridized carbons (Fsp3) is 0.667. The molecule has 2 N–H and O–H groups in total. The van der Waals surface area contributed by atoms with Gasteiger partial charge in [-0.25, -0.2) is 0 Å². The second kappa shape index (κ2) is 1.16. The highest BCUT2D eigenvalue weighted by molar-refractivity contribution is 7.70. The highest BCUT2D eigenvalue weighted by Gasteiger charge is 1.78. The molecule has 32 valence electrons. The molecule has 0 saturated heterocycles. The van der Waals surface area contributed by atoms with Crippen LogP contribution in [0, 0.1) is 0 Å². The molecule has 0 aromatic carbocycles. The molecule has 0 amide bonds. The molecule has 0 unspecified atom stereocenters. The first-order chi connectivity index (χ1) is 2.00. The average molecular weight is 91.1 g/mol. The average Bonchev–Trinajstić information content (AvgIpc) is 0.722. The smallest absolute Gasteiger partial charge is 0.0333 e. The molecule has 5 heavy (non-hydrogen) atoms. The summed E-state index contributed by atoms with van der Waals surface area (Å²) in [5.41, 5.74) is 5.35.